The van der Waals surface area contributed by atoms with E-state index in [4.69, 9.17) is 0 Å². The number of hydrogen-bond acceptors (Lipinski definition) is 4. The molecule has 0 aliphatic carbocycles. The largest absolute Gasteiger partial charge is 0.419 e. The fraction of sp³-hybridized carbons (Fsp3) is 0.167. The summed E-state index contributed by atoms with van der Waals surface area (Å²) in [7, 11) is 1.50. The highest BCUT2D eigenvalue weighted by atomic mass is 19.4. The minimum Gasteiger partial charge on any atom is -0.357 e. The molecule has 0 radical (unpaired) electrons. The maximum Gasteiger partial charge on any atom is 0.419 e. The number of benzene rings is 1. The van der Waals surface area contributed by atoms with Crippen molar-refractivity contribution in [2.45, 2.75) is 6.18 Å². The molecule has 0 amide bonds. The minimum atomic E-state index is -4.85. The van der Waals surface area contributed by atoms with E-state index in [1.807, 2.05) is 0 Å². The smallest absolute Gasteiger partial charge is 0.357 e. The maximum absolute atomic E-state index is 13.5. The van der Waals surface area contributed by atoms with E-state index in [1.54, 1.807) is 0 Å². The number of nitrogens with zero attached hydrogens (tertiary/aromatic N) is 2. The zero-order valence-corrected chi connectivity index (χ0v) is 10.6. The van der Waals surface area contributed by atoms with Crippen molar-refractivity contribution in [1.82, 2.24) is 9.97 Å². The monoisotopic (exact) mass is 304 g/mol. The number of anilines is 3. The molecule has 2 aromatic rings. The Labute approximate surface area is 116 Å². The normalized spacial score (nSPS) is 11.3. The first-order valence-corrected chi connectivity index (χ1v) is 5.65. The van der Waals surface area contributed by atoms with Crippen molar-refractivity contribution in [2.24, 2.45) is 0 Å². The first kappa shape index (κ1) is 14.9. The summed E-state index contributed by atoms with van der Waals surface area (Å²) in [5.74, 6) is -2.51. The standard InChI is InChI=1S/C12H9F5N4/c1-18-11-19-5-9(14)10(21-11)20-6-2-3-8(13)7(4-6)12(15,16)17/h2-5H,1H3,(H2,18,19,20,21). The highest BCUT2D eigenvalue weighted by Crippen LogP contribution is 2.33. The van der Waals surface area contributed by atoms with E-state index in [9.17, 15) is 22.0 Å². The molecule has 0 unspecified atom stereocenters. The second kappa shape index (κ2) is 5.51. The van der Waals surface area contributed by atoms with Gasteiger partial charge in [0.25, 0.3) is 0 Å². The number of nitrogens with one attached hydrogen (secondary N) is 2. The second-order valence-corrected chi connectivity index (χ2v) is 3.96. The van der Waals surface area contributed by atoms with E-state index in [0.717, 1.165) is 12.3 Å². The van der Waals surface area contributed by atoms with Gasteiger partial charge >= 0.3 is 6.18 Å². The van der Waals surface area contributed by atoms with Crippen LogP contribution in [0.5, 0.6) is 0 Å². The lowest BCUT2D eigenvalue weighted by Crippen LogP contribution is -2.09. The van der Waals surface area contributed by atoms with Crippen molar-refractivity contribution in [3.8, 4) is 0 Å². The Kier molecular flexibility index (Phi) is 3.92. The quantitative estimate of drug-likeness (QED) is 0.851. The van der Waals surface area contributed by atoms with Crippen LogP contribution in [0.15, 0.2) is 24.4 Å². The lowest BCUT2D eigenvalue weighted by Gasteiger charge is -2.12. The summed E-state index contributed by atoms with van der Waals surface area (Å²) in [6.45, 7) is 0. The Bertz CT molecular complexity index is 657. The van der Waals surface area contributed by atoms with E-state index >= 15 is 0 Å². The van der Waals surface area contributed by atoms with Gasteiger partial charge in [-0.15, -0.1) is 0 Å². The Morgan fingerprint density at radius 2 is 1.81 bits per heavy atom. The van der Waals surface area contributed by atoms with Crippen molar-refractivity contribution < 1.29 is 22.0 Å². The molecule has 0 saturated heterocycles. The molecule has 1 heterocycles. The third-order valence-electron chi connectivity index (χ3n) is 2.50. The number of rotatable bonds is 3. The van der Waals surface area contributed by atoms with Gasteiger partial charge in [0.15, 0.2) is 11.6 Å². The molecule has 21 heavy (non-hydrogen) atoms. The molecule has 0 aliphatic heterocycles. The van der Waals surface area contributed by atoms with Crippen LogP contribution in [-0.4, -0.2) is 17.0 Å². The fourth-order valence-corrected chi connectivity index (χ4v) is 1.53. The Morgan fingerprint density at radius 3 is 2.43 bits per heavy atom. The number of hydrogen-bond donors (Lipinski definition) is 2. The average molecular weight is 304 g/mol. The van der Waals surface area contributed by atoms with Crippen LogP contribution in [0.3, 0.4) is 0 Å². The molecule has 1 aromatic carbocycles. The summed E-state index contributed by atoms with van der Waals surface area (Å²) in [5.41, 5.74) is -1.60. The van der Waals surface area contributed by atoms with Crippen LogP contribution < -0.4 is 10.6 Å². The second-order valence-electron chi connectivity index (χ2n) is 3.96. The molecular formula is C12H9F5N4. The first-order chi connectivity index (χ1) is 9.81. The molecule has 112 valence electrons. The van der Waals surface area contributed by atoms with Crippen LogP contribution in [0.2, 0.25) is 0 Å². The van der Waals surface area contributed by atoms with Gasteiger partial charge in [-0.25, -0.2) is 13.8 Å². The Morgan fingerprint density at radius 1 is 1.10 bits per heavy atom. The van der Waals surface area contributed by atoms with Crippen molar-refractivity contribution in [3.05, 3.63) is 41.6 Å². The van der Waals surface area contributed by atoms with E-state index < -0.39 is 23.4 Å². The first-order valence-electron chi connectivity index (χ1n) is 5.65. The van der Waals surface area contributed by atoms with Gasteiger partial charge in [-0.2, -0.15) is 18.2 Å². The van der Waals surface area contributed by atoms with Gasteiger partial charge < -0.3 is 10.6 Å². The molecule has 2 N–H and O–H groups in total. The highest BCUT2D eigenvalue weighted by Gasteiger charge is 2.34. The third kappa shape index (κ3) is 3.36. The van der Waals surface area contributed by atoms with Crippen LogP contribution >= 0.6 is 0 Å². The van der Waals surface area contributed by atoms with E-state index in [-0.39, 0.29) is 17.5 Å². The molecule has 0 spiro atoms. The van der Waals surface area contributed by atoms with Gasteiger partial charge in [0.1, 0.15) is 5.82 Å². The van der Waals surface area contributed by atoms with Crippen LogP contribution in [0.4, 0.5) is 39.4 Å². The summed E-state index contributed by atoms with van der Waals surface area (Å²) in [6, 6.07) is 2.23. The van der Waals surface area contributed by atoms with Crippen LogP contribution in [0, 0.1) is 11.6 Å². The van der Waals surface area contributed by atoms with Gasteiger partial charge in [0.2, 0.25) is 5.95 Å². The van der Waals surface area contributed by atoms with Gasteiger partial charge in [-0.05, 0) is 18.2 Å². The van der Waals surface area contributed by atoms with Crippen molar-refractivity contribution in [2.75, 3.05) is 17.7 Å². The Balaban J connectivity index is 2.36. The third-order valence-corrected chi connectivity index (χ3v) is 2.50. The van der Waals surface area contributed by atoms with Crippen LogP contribution in [0.1, 0.15) is 5.56 Å². The summed E-state index contributed by atoms with van der Waals surface area (Å²) in [5, 5.41) is 4.91. The molecule has 1 aromatic heterocycles. The molecule has 4 nitrogen and oxygen atoms in total. The van der Waals surface area contributed by atoms with Crippen LogP contribution in [0.25, 0.3) is 0 Å². The van der Waals surface area contributed by atoms with Crippen molar-refractivity contribution in [3.63, 3.8) is 0 Å². The molecule has 2 rings (SSSR count). The van der Waals surface area contributed by atoms with Gasteiger partial charge in [-0.3, -0.25) is 0 Å². The average Bonchev–Trinajstić information content (AvgIpc) is 2.42. The summed E-state index contributed by atoms with van der Waals surface area (Å²) < 4.78 is 64.4. The molecule has 0 aliphatic rings. The topological polar surface area (TPSA) is 49.8 Å². The van der Waals surface area contributed by atoms with Gasteiger partial charge in [-0.1, -0.05) is 0 Å². The highest BCUT2D eigenvalue weighted by molar-refractivity contribution is 5.58. The van der Waals surface area contributed by atoms with Gasteiger partial charge in [0.05, 0.1) is 11.8 Å². The molecular weight excluding hydrogens is 295 g/mol. The summed E-state index contributed by atoms with van der Waals surface area (Å²) in [6.07, 6.45) is -3.99. The molecule has 0 fully saturated rings. The summed E-state index contributed by atoms with van der Waals surface area (Å²) in [4.78, 5) is 7.31. The maximum atomic E-state index is 13.5. The molecule has 0 bridgehead atoms. The fourth-order valence-electron chi connectivity index (χ4n) is 1.53. The molecule has 0 atom stereocenters. The summed E-state index contributed by atoms with van der Waals surface area (Å²) >= 11 is 0. The van der Waals surface area contributed by atoms with Crippen molar-refractivity contribution in [1.29, 1.82) is 0 Å². The SMILES string of the molecule is CNc1ncc(F)c(Nc2ccc(F)c(C(F)(F)F)c2)n1. The lowest BCUT2D eigenvalue weighted by molar-refractivity contribution is -0.139. The zero-order chi connectivity index (χ0) is 15.6. The number of halogens is 5. The van der Waals surface area contributed by atoms with Crippen molar-refractivity contribution >= 4 is 17.5 Å². The number of alkyl halides is 3. The lowest BCUT2D eigenvalue weighted by atomic mass is 10.2. The minimum absolute atomic E-state index is 0.0806. The predicted molar refractivity (Wildman–Crippen MR) is 66.2 cm³/mol. The predicted octanol–water partition coefficient (Wildman–Crippen LogP) is 3.56. The van der Waals surface area contributed by atoms with E-state index in [0.29, 0.717) is 12.1 Å². The number of aromatic nitrogens is 2. The molecule has 0 saturated carbocycles. The van der Waals surface area contributed by atoms with Gasteiger partial charge in [0, 0.05) is 12.7 Å². The van der Waals surface area contributed by atoms with E-state index in [1.165, 1.54) is 7.05 Å². The van der Waals surface area contributed by atoms with E-state index in [2.05, 4.69) is 20.6 Å². The Hall–Kier alpha value is -2.45. The molecule has 9 heteroatoms. The van der Waals surface area contributed by atoms with Crippen LogP contribution in [-0.2, 0) is 6.18 Å². The zero-order valence-electron chi connectivity index (χ0n) is 10.6.